The van der Waals surface area contributed by atoms with Crippen molar-refractivity contribution in [3.05, 3.63) is 92.9 Å². The number of aromatic nitrogens is 2. The van der Waals surface area contributed by atoms with Gasteiger partial charge < -0.3 is 14.6 Å². The zero-order valence-electron chi connectivity index (χ0n) is 31.0. The van der Waals surface area contributed by atoms with Gasteiger partial charge in [0, 0.05) is 50.9 Å². The number of carbonyl (C=O) groups is 4. The summed E-state index contributed by atoms with van der Waals surface area (Å²) >= 11 is 11.3. The lowest BCUT2D eigenvalue weighted by molar-refractivity contribution is -0.131. The molecule has 3 fully saturated rings. The maximum absolute atomic E-state index is 15.3. The third kappa shape index (κ3) is 5.09. The van der Waals surface area contributed by atoms with Gasteiger partial charge in [0.2, 0.25) is 23.6 Å². The number of fused-ring (bicyclic) bond motifs is 5. The smallest absolute Gasteiger partial charge is 0.242 e. The number of carbonyl (C=O) groups excluding carboxylic acids is 4. The van der Waals surface area contributed by atoms with Crippen molar-refractivity contribution in [1.29, 1.82) is 0 Å². The Kier molecular flexibility index (Phi) is 8.53. The molecule has 2 aromatic heterocycles. The summed E-state index contributed by atoms with van der Waals surface area (Å²) in [7, 11) is 4.64. The Hall–Kier alpha value is -4.98. The predicted octanol–water partition coefficient (Wildman–Crippen LogP) is 8.18. The lowest BCUT2D eigenvalue weighted by Crippen LogP contribution is -2.49. The van der Waals surface area contributed by atoms with Crippen molar-refractivity contribution in [2.75, 3.05) is 24.0 Å². The normalized spacial score (nSPS) is 25.8. The monoisotopic (exact) mass is 854 g/mol. The molecule has 286 valence electrons. The second-order valence-corrected chi connectivity index (χ2v) is 17.5. The standard InChI is InChI=1S/C42H36BrClN4O7S/c1-19-26-14-21(44)8-13-32(26)56-37(19)29-18-33(46(3)45-29)48-39(51)28-17-27-24(11-12-25-34(27)40(52)47(38(25)50)22-9-6-20(43)7-10-22)36(42(28,2)41(48)53)35-30(49)15-23(54-4)16-31(35)55-5/h6-11,13-16,18,25,27-28,34,36,49H,12,17H2,1-5H3/t25-,27+,28-,34-,36+,42+/m0/s1. The molecule has 3 aromatic carbocycles. The number of aryl methyl sites for hydroxylation is 2. The molecule has 11 nitrogen and oxygen atoms in total. The molecule has 0 bridgehead atoms. The molecular formula is C42H36BrClN4O7S. The van der Waals surface area contributed by atoms with E-state index in [9.17, 15) is 19.5 Å². The average molecular weight is 856 g/mol. The Balaban J connectivity index is 1.18. The molecule has 9 rings (SSSR count). The maximum Gasteiger partial charge on any atom is 0.242 e. The summed E-state index contributed by atoms with van der Waals surface area (Å²) in [6.45, 7) is 3.76. The fourth-order valence-electron chi connectivity index (χ4n) is 9.77. The molecule has 6 atom stereocenters. The van der Waals surface area contributed by atoms with E-state index in [1.165, 1.54) is 30.1 Å². The fourth-order valence-corrected chi connectivity index (χ4v) is 11.3. The first-order valence-electron chi connectivity index (χ1n) is 18.2. The van der Waals surface area contributed by atoms with Crippen molar-refractivity contribution < 1.29 is 33.8 Å². The second-order valence-electron chi connectivity index (χ2n) is 15.1. The van der Waals surface area contributed by atoms with Crippen LogP contribution in [0.1, 0.15) is 36.8 Å². The van der Waals surface area contributed by atoms with Crippen molar-refractivity contribution in [3.8, 4) is 27.8 Å². The molecule has 4 heterocycles. The maximum atomic E-state index is 15.3. The molecule has 5 aromatic rings. The number of phenols is 1. The van der Waals surface area contributed by atoms with Gasteiger partial charge in [-0.05, 0) is 86.0 Å². The number of amides is 4. The van der Waals surface area contributed by atoms with Crippen LogP contribution < -0.4 is 19.3 Å². The van der Waals surface area contributed by atoms with E-state index in [2.05, 4.69) is 15.9 Å². The molecule has 1 N–H and O–H groups in total. The van der Waals surface area contributed by atoms with Crippen molar-refractivity contribution in [2.45, 2.75) is 32.6 Å². The number of thiophene rings is 1. The lowest BCUT2D eigenvalue weighted by atomic mass is 9.51. The van der Waals surface area contributed by atoms with Gasteiger partial charge in [-0.2, -0.15) is 5.10 Å². The molecule has 0 unspecified atom stereocenters. The summed E-state index contributed by atoms with van der Waals surface area (Å²) in [6.07, 6.45) is 2.34. The lowest BCUT2D eigenvalue weighted by Gasteiger charge is -2.49. The van der Waals surface area contributed by atoms with Crippen LogP contribution in [0.4, 0.5) is 11.5 Å². The summed E-state index contributed by atoms with van der Waals surface area (Å²) < 4.78 is 14.7. The number of allylic oxidation sites excluding steroid dienone is 2. The Morgan fingerprint density at radius 3 is 2.41 bits per heavy atom. The largest absolute Gasteiger partial charge is 0.507 e. The van der Waals surface area contributed by atoms with Crippen molar-refractivity contribution >= 4 is 84.1 Å². The van der Waals surface area contributed by atoms with Crippen LogP contribution in [-0.2, 0) is 26.2 Å². The van der Waals surface area contributed by atoms with Crippen LogP contribution in [0.25, 0.3) is 20.7 Å². The minimum atomic E-state index is -1.43. The van der Waals surface area contributed by atoms with Gasteiger partial charge in [0.1, 0.15) is 28.8 Å². The Morgan fingerprint density at radius 1 is 0.946 bits per heavy atom. The third-order valence-corrected chi connectivity index (χ3v) is 14.5. The van der Waals surface area contributed by atoms with Gasteiger partial charge in [-0.3, -0.25) is 28.8 Å². The van der Waals surface area contributed by atoms with Crippen molar-refractivity contribution in [2.24, 2.45) is 36.1 Å². The number of imide groups is 2. The summed E-state index contributed by atoms with van der Waals surface area (Å²) in [4.78, 5) is 62.1. The Labute approximate surface area is 339 Å². The number of nitrogens with zero attached hydrogens (tertiary/aromatic N) is 4. The van der Waals surface area contributed by atoms with Gasteiger partial charge in [-0.1, -0.05) is 39.2 Å². The molecular weight excluding hydrogens is 820 g/mol. The van der Waals surface area contributed by atoms with Crippen LogP contribution in [0.3, 0.4) is 0 Å². The first-order valence-corrected chi connectivity index (χ1v) is 20.2. The van der Waals surface area contributed by atoms with Crippen LogP contribution in [0.5, 0.6) is 17.2 Å². The number of methoxy groups -OCH3 is 2. The molecule has 2 aliphatic carbocycles. The van der Waals surface area contributed by atoms with Crippen LogP contribution in [0.15, 0.2) is 76.8 Å². The van der Waals surface area contributed by atoms with Gasteiger partial charge in [-0.25, -0.2) is 4.90 Å². The van der Waals surface area contributed by atoms with Crippen LogP contribution in [0.2, 0.25) is 5.02 Å². The highest BCUT2D eigenvalue weighted by molar-refractivity contribution is 9.10. The average Bonchev–Trinajstić information content (AvgIpc) is 3.85. The number of hydrogen-bond donors (Lipinski definition) is 1. The number of anilines is 2. The van der Waals surface area contributed by atoms with E-state index in [0.717, 1.165) is 30.6 Å². The molecule has 14 heteroatoms. The topological polar surface area (TPSA) is 131 Å². The zero-order chi connectivity index (χ0) is 39.5. The van der Waals surface area contributed by atoms with E-state index >= 15 is 4.79 Å². The minimum absolute atomic E-state index is 0.147. The molecule has 0 spiro atoms. The third-order valence-electron chi connectivity index (χ3n) is 12.4. The molecule has 56 heavy (non-hydrogen) atoms. The molecule has 4 aliphatic rings. The second kappa shape index (κ2) is 13.0. The number of hydrogen-bond acceptors (Lipinski definition) is 9. The van der Waals surface area contributed by atoms with Crippen LogP contribution in [0, 0.1) is 36.0 Å². The summed E-state index contributed by atoms with van der Waals surface area (Å²) in [5, 5.41) is 18.2. The molecule has 4 amide bonds. The first kappa shape index (κ1) is 36.6. The number of ether oxygens (including phenoxy) is 2. The highest BCUT2D eigenvalue weighted by Gasteiger charge is 2.68. The Bertz CT molecular complexity index is 2580. The van der Waals surface area contributed by atoms with Crippen LogP contribution in [-0.4, -0.2) is 52.7 Å². The number of benzene rings is 3. The predicted molar refractivity (Wildman–Crippen MR) is 216 cm³/mol. The zero-order valence-corrected chi connectivity index (χ0v) is 34.2. The van der Waals surface area contributed by atoms with E-state index in [1.54, 1.807) is 66.4 Å². The fraction of sp³-hybridized carbons (Fsp3) is 0.310. The first-order chi connectivity index (χ1) is 26.8. The number of halogens is 2. The highest BCUT2D eigenvalue weighted by Crippen LogP contribution is 2.66. The minimum Gasteiger partial charge on any atom is -0.507 e. The van der Waals surface area contributed by atoms with E-state index in [0.29, 0.717) is 33.5 Å². The van der Waals surface area contributed by atoms with E-state index in [4.69, 9.17) is 26.2 Å². The summed E-state index contributed by atoms with van der Waals surface area (Å²) in [5.41, 5.74) is 1.65. The van der Waals surface area contributed by atoms with Gasteiger partial charge in [0.15, 0.2) is 0 Å². The van der Waals surface area contributed by atoms with Gasteiger partial charge >= 0.3 is 0 Å². The van der Waals surface area contributed by atoms with Gasteiger partial charge in [0.05, 0.1) is 48.0 Å². The van der Waals surface area contributed by atoms with Gasteiger partial charge in [-0.15, -0.1) is 11.3 Å². The van der Waals surface area contributed by atoms with E-state index < -0.39 is 46.8 Å². The van der Waals surface area contributed by atoms with E-state index in [-0.39, 0.29) is 36.2 Å². The Morgan fingerprint density at radius 2 is 1.70 bits per heavy atom. The molecule has 0 radical (unpaired) electrons. The highest BCUT2D eigenvalue weighted by atomic mass is 79.9. The van der Waals surface area contributed by atoms with Crippen LogP contribution >= 0.6 is 38.9 Å². The van der Waals surface area contributed by atoms with Crippen molar-refractivity contribution in [1.82, 2.24) is 9.78 Å². The number of rotatable bonds is 6. The number of phenolic OH excluding ortho intramolecular Hbond substituents is 1. The molecule has 1 saturated carbocycles. The number of aromatic hydroxyl groups is 1. The quantitative estimate of drug-likeness (QED) is 0.134. The summed E-state index contributed by atoms with van der Waals surface area (Å²) in [6, 6.07) is 17.6. The van der Waals surface area contributed by atoms with E-state index in [1.807, 2.05) is 31.2 Å². The molecule has 2 saturated heterocycles. The van der Waals surface area contributed by atoms with Gasteiger partial charge in [0.25, 0.3) is 0 Å². The molecule has 2 aliphatic heterocycles. The van der Waals surface area contributed by atoms with Crippen molar-refractivity contribution in [3.63, 3.8) is 0 Å². The summed E-state index contributed by atoms with van der Waals surface area (Å²) in [5.74, 6) is -4.68. The SMILES string of the molecule is COc1cc(O)c([C@H]2C3=CC[C@@H]4C(=O)N(c5ccc(Br)cc5)C(=O)[C@@H]4[C@@H]3C[C@H]3C(=O)N(c4cc(-c5sc6ccc(Cl)cc6c5C)nn4C)C(=O)[C@@]23C)c(OC)c1.